The lowest BCUT2D eigenvalue weighted by atomic mass is 10.3. The summed E-state index contributed by atoms with van der Waals surface area (Å²) < 4.78 is 56.1. The Morgan fingerprint density at radius 2 is 1.42 bits per heavy atom. The van der Waals surface area contributed by atoms with E-state index in [-0.39, 0.29) is 20.6 Å². The Bertz CT molecular complexity index is 1020. The molecule has 1 aliphatic rings. The highest BCUT2D eigenvalue weighted by Crippen LogP contribution is 2.30. The molecular formula is C16H15Cl2NO5S2. The van der Waals surface area contributed by atoms with Crippen LogP contribution in [0.25, 0.3) is 0 Å². The standard InChI is InChI=1S/C16H15Cl2NO5S2/c17-12-3-8-16(15(18)11-12)24-26(22,23)14-6-4-13(5-7-14)25(20,21)19-9-1-2-10-19/h3-8,11H,1-2,9-10H2. The van der Waals surface area contributed by atoms with Crippen molar-refractivity contribution in [2.45, 2.75) is 22.6 Å². The molecular weight excluding hydrogens is 421 g/mol. The summed E-state index contributed by atoms with van der Waals surface area (Å²) in [7, 11) is -7.78. The number of benzene rings is 2. The maximum Gasteiger partial charge on any atom is 0.339 e. The Labute approximate surface area is 162 Å². The van der Waals surface area contributed by atoms with Gasteiger partial charge >= 0.3 is 10.1 Å². The highest BCUT2D eigenvalue weighted by Gasteiger charge is 2.28. The van der Waals surface area contributed by atoms with Crippen LogP contribution in [-0.2, 0) is 20.1 Å². The molecule has 1 fully saturated rings. The summed E-state index contributed by atoms with van der Waals surface area (Å²) in [5, 5.41) is 0.394. The average Bonchev–Trinajstić information content (AvgIpc) is 3.13. The number of sulfonamides is 1. The van der Waals surface area contributed by atoms with Crippen LogP contribution < -0.4 is 4.18 Å². The van der Waals surface area contributed by atoms with Gasteiger partial charge in [0.05, 0.1) is 9.92 Å². The first-order valence-corrected chi connectivity index (χ1v) is 11.3. The monoisotopic (exact) mass is 435 g/mol. The third-order valence-electron chi connectivity index (χ3n) is 3.91. The molecule has 1 heterocycles. The third kappa shape index (κ3) is 3.99. The Hall–Kier alpha value is -1.32. The molecule has 1 saturated heterocycles. The largest absolute Gasteiger partial charge is 0.377 e. The molecule has 1 aliphatic heterocycles. The Kier molecular flexibility index (Phi) is 5.50. The Morgan fingerprint density at radius 1 is 0.846 bits per heavy atom. The first-order chi connectivity index (χ1) is 12.2. The second-order valence-corrected chi connectivity index (χ2v) is 10.0. The van der Waals surface area contributed by atoms with Gasteiger partial charge in [-0.3, -0.25) is 0 Å². The lowest BCUT2D eigenvalue weighted by molar-refractivity contribution is 0.476. The second-order valence-electron chi connectivity index (χ2n) is 5.69. The van der Waals surface area contributed by atoms with Crippen LogP contribution in [0.1, 0.15) is 12.8 Å². The van der Waals surface area contributed by atoms with E-state index in [0.29, 0.717) is 18.1 Å². The van der Waals surface area contributed by atoms with E-state index < -0.39 is 20.1 Å². The summed E-state index contributed by atoms with van der Waals surface area (Å²) in [6, 6.07) is 9.06. The fraction of sp³-hybridized carbons (Fsp3) is 0.250. The van der Waals surface area contributed by atoms with Gasteiger partial charge in [0.2, 0.25) is 10.0 Å². The van der Waals surface area contributed by atoms with Gasteiger partial charge in [0.1, 0.15) is 4.90 Å². The molecule has 3 rings (SSSR count). The van der Waals surface area contributed by atoms with Crippen molar-refractivity contribution in [2.75, 3.05) is 13.1 Å². The molecule has 26 heavy (non-hydrogen) atoms. The van der Waals surface area contributed by atoms with Crippen LogP contribution in [0.4, 0.5) is 0 Å². The number of hydrogen-bond acceptors (Lipinski definition) is 5. The van der Waals surface area contributed by atoms with E-state index in [1.807, 2.05) is 0 Å². The van der Waals surface area contributed by atoms with E-state index in [2.05, 4.69) is 0 Å². The van der Waals surface area contributed by atoms with Gasteiger partial charge in [0.15, 0.2) is 5.75 Å². The van der Waals surface area contributed by atoms with Crippen LogP contribution in [0.15, 0.2) is 52.3 Å². The fourth-order valence-corrected chi connectivity index (χ4v) is 5.52. The normalized spacial score (nSPS) is 15.9. The summed E-state index contributed by atoms with van der Waals surface area (Å²) in [5.41, 5.74) is 0. The first kappa shape index (κ1) is 19.4. The van der Waals surface area contributed by atoms with Gasteiger partial charge < -0.3 is 4.18 Å². The molecule has 0 aromatic heterocycles. The molecule has 0 atom stereocenters. The molecule has 0 radical (unpaired) electrons. The van der Waals surface area contributed by atoms with Crippen molar-refractivity contribution in [3.63, 3.8) is 0 Å². The van der Waals surface area contributed by atoms with Gasteiger partial charge in [-0.05, 0) is 55.3 Å². The number of halogens is 2. The van der Waals surface area contributed by atoms with Crippen LogP contribution in [0.2, 0.25) is 10.0 Å². The van der Waals surface area contributed by atoms with Crippen molar-refractivity contribution in [3.8, 4) is 5.75 Å². The zero-order chi connectivity index (χ0) is 18.9. The highest BCUT2D eigenvalue weighted by molar-refractivity contribution is 7.89. The minimum absolute atomic E-state index is 0.0443. The van der Waals surface area contributed by atoms with E-state index in [1.165, 1.54) is 46.8 Å². The van der Waals surface area contributed by atoms with Crippen molar-refractivity contribution < 1.29 is 21.0 Å². The molecule has 6 nitrogen and oxygen atoms in total. The maximum atomic E-state index is 12.5. The van der Waals surface area contributed by atoms with E-state index in [4.69, 9.17) is 27.4 Å². The number of rotatable bonds is 5. The second kappa shape index (κ2) is 7.36. The van der Waals surface area contributed by atoms with E-state index in [9.17, 15) is 16.8 Å². The van der Waals surface area contributed by atoms with Gasteiger partial charge in [-0.1, -0.05) is 23.2 Å². The summed E-state index contributed by atoms with van der Waals surface area (Å²) in [5.74, 6) is -0.0650. The molecule has 10 heteroatoms. The minimum Gasteiger partial charge on any atom is -0.377 e. The number of hydrogen-bond donors (Lipinski definition) is 0. The quantitative estimate of drug-likeness (QED) is 0.670. The topological polar surface area (TPSA) is 80.8 Å². The minimum atomic E-state index is -4.17. The van der Waals surface area contributed by atoms with Crippen LogP contribution in [0.5, 0.6) is 5.75 Å². The van der Waals surface area contributed by atoms with E-state index in [1.54, 1.807) is 0 Å². The Balaban J connectivity index is 1.85. The van der Waals surface area contributed by atoms with Gasteiger partial charge in [0, 0.05) is 18.1 Å². The van der Waals surface area contributed by atoms with Gasteiger partial charge in [-0.25, -0.2) is 8.42 Å². The van der Waals surface area contributed by atoms with Crippen LogP contribution in [-0.4, -0.2) is 34.2 Å². The summed E-state index contributed by atoms with van der Waals surface area (Å²) in [6.07, 6.45) is 1.64. The van der Waals surface area contributed by atoms with E-state index >= 15 is 0 Å². The van der Waals surface area contributed by atoms with Crippen molar-refractivity contribution in [1.82, 2.24) is 4.31 Å². The molecule has 0 aliphatic carbocycles. The third-order valence-corrected chi connectivity index (χ3v) is 7.60. The zero-order valence-electron chi connectivity index (χ0n) is 13.4. The number of nitrogens with zero attached hydrogens (tertiary/aromatic N) is 1. The zero-order valence-corrected chi connectivity index (χ0v) is 16.6. The molecule has 140 valence electrons. The van der Waals surface area contributed by atoms with Crippen molar-refractivity contribution >= 4 is 43.3 Å². The molecule has 2 aromatic rings. The van der Waals surface area contributed by atoms with Crippen LogP contribution in [0.3, 0.4) is 0 Å². The molecule has 0 bridgehead atoms. The molecule has 2 aromatic carbocycles. The predicted octanol–water partition coefficient (Wildman–Crippen LogP) is 3.55. The molecule has 0 unspecified atom stereocenters. The van der Waals surface area contributed by atoms with Crippen molar-refractivity contribution in [3.05, 3.63) is 52.5 Å². The smallest absolute Gasteiger partial charge is 0.339 e. The van der Waals surface area contributed by atoms with Gasteiger partial charge in [-0.15, -0.1) is 0 Å². The fourth-order valence-electron chi connectivity index (χ4n) is 2.56. The maximum absolute atomic E-state index is 12.5. The average molecular weight is 436 g/mol. The molecule has 0 spiro atoms. The summed E-state index contributed by atoms with van der Waals surface area (Å²) in [4.78, 5) is -0.133. The lowest BCUT2D eigenvalue weighted by Crippen LogP contribution is -2.27. The molecule has 0 saturated carbocycles. The van der Waals surface area contributed by atoms with Crippen LogP contribution in [0, 0.1) is 0 Å². The lowest BCUT2D eigenvalue weighted by Gasteiger charge is -2.15. The van der Waals surface area contributed by atoms with Crippen molar-refractivity contribution in [1.29, 1.82) is 0 Å². The summed E-state index contributed by atoms with van der Waals surface area (Å²) >= 11 is 11.7. The van der Waals surface area contributed by atoms with E-state index in [0.717, 1.165) is 12.8 Å². The molecule has 0 amide bonds. The van der Waals surface area contributed by atoms with Crippen LogP contribution >= 0.6 is 23.2 Å². The summed E-state index contributed by atoms with van der Waals surface area (Å²) in [6.45, 7) is 0.946. The first-order valence-electron chi connectivity index (χ1n) is 7.70. The highest BCUT2D eigenvalue weighted by atomic mass is 35.5. The van der Waals surface area contributed by atoms with Gasteiger partial charge in [-0.2, -0.15) is 12.7 Å². The van der Waals surface area contributed by atoms with Gasteiger partial charge in [0.25, 0.3) is 0 Å². The predicted molar refractivity (Wildman–Crippen MR) is 98.7 cm³/mol. The SMILES string of the molecule is O=S(=O)(Oc1ccc(Cl)cc1Cl)c1ccc(S(=O)(=O)N2CCCC2)cc1. The molecule has 0 N–H and O–H groups in total. The Morgan fingerprint density at radius 3 is 2.00 bits per heavy atom. The van der Waals surface area contributed by atoms with Crippen molar-refractivity contribution in [2.24, 2.45) is 0 Å².